The van der Waals surface area contributed by atoms with Crippen LogP contribution in [0.4, 0.5) is 0 Å². The average molecular weight is 281 g/mol. The zero-order valence-corrected chi connectivity index (χ0v) is 14.8. The van der Waals surface area contributed by atoms with Crippen molar-refractivity contribution < 1.29 is 0 Å². The summed E-state index contributed by atoms with van der Waals surface area (Å²) in [5, 5.41) is 0. The first-order chi connectivity index (χ1) is 9.60. The quantitative estimate of drug-likeness (QED) is 0.294. The van der Waals surface area contributed by atoms with Crippen molar-refractivity contribution in [1.29, 1.82) is 0 Å². The molecule has 0 fully saturated rings. The SMILES string of the molecule is [CH2]CCC(C)CCCC(C)CCCC(C)CCC[CH]C. The molecule has 0 N–H and O–H groups in total. The van der Waals surface area contributed by atoms with E-state index >= 15 is 0 Å². The maximum Gasteiger partial charge on any atom is -0.0417 e. The monoisotopic (exact) mass is 280 g/mol. The van der Waals surface area contributed by atoms with E-state index in [0.717, 1.165) is 24.2 Å². The third-order valence-corrected chi connectivity index (χ3v) is 4.67. The minimum atomic E-state index is 0.884. The molecule has 0 bridgehead atoms. The van der Waals surface area contributed by atoms with Gasteiger partial charge in [-0.2, -0.15) is 0 Å². The molecule has 0 aliphatic carbocycles. The number of unbranched alkanes of at least 4 members (excludes halogenated alkanes) is 2. The zero-order valence-electron chi connectivity index (χ0n) is 14.8. The first-order valence-corrected chi connectivity index (χ1v) is 9.17. The number of hydrogen-bond donors (Lipinski definition) is 0. The Morgan fingerprint density at radius 1 is 0.700 bits per heavy atom. The van der Waals surface area contributed by atoms with Crippen molar-refractivity contribution in [2.45, 2.75) is 98.3 Å². The second kappa shape index (κ2) is 14.0. The van der Waals surface area contributed by atoms with Gasteiger partial charge in [-0.1, -0.05) is 105 Å². The molecule has 0 heterocycles. The summed E-state index contributed by atoms with van der Waals surface area (Å²) in [5.74, 6) is 2.74. The predicted octanol–water partition coefficient (Wildman–Crippen LogP) is 7.24. The van der Waals surface area contributed by atoms with Crippen molar-refractivity contribution in [1.82, 2.24) is 0 Å². The molecule has 0 aromatic rings. The summed E-state index contributed by atoms with van der Waals surface area (Å²) in [4.78, 5) is 0. The van der Waals surface area contributed by atoms with E-state index < -0.39 is 0 Å². The van der Waals surface area contributed by atoms with Crippen molar-refractivity contribution >= 4 is 0 Å². The van der Waals surface area contributed by atoms with Gasteiger partial charge in [-0.15, -0.1) is 0 Å². The summed E-state index contributed by atoms with van der Waals surface area (Å²) in [5.41, 5.74) is 0. The van der Waals surface area contributed by atoms with Crippen molar-refractivity contribution in [2.75, 3.05) is 0 Å². The highest BCUT2D eigenvalue weighted by molar-refractivity contribution is 4.62. The lowest BCUT2D eigenvalue weighted by Crippen LogP contribution is -2.01. The van der Waals surface area contributed by atoms with Gasteiger partial charge >= 0.3 is 0 Å². The largest absolute Gasteiger partial charge is 0.0625 e. The summed E-state index contributed by atoms with van der Waals surface area (Å²) >= 11 is 0. The van der Waals surface area contributed by atoms with Crippen LogP contribution in [-0.2, 0) is 0 Å². The van der Waals surface area contributed by atoms with E-state index in [1.807, 2.05) is 0 Å². The van der Waals surface area contributed by atoms with E-state index in [1.54, 1.807) is 0 Å². The molecule has 3 atom stereocenters. The van der Waals surface area contributed by atoms with Crippen LogP contribution in [0, 0.1) is 31.1 Å². The van der Waals surface area contributed by atoms with Crippen molar-refractivity contribution in [3.05, 3.63) is 13.3 Å². The summed E-state index contributed by atoms with van der Waals surface area (Å²) in [6.07, 6.45) is 17.4. The molecule has 0 aliphatic rings. The van der Waals surface area contributed by atoms with E-state index in [9.17, 15) is 0 Å². The molecule has 0 amide bonds. The van der Waals surface area contributed by atoms with E-state index in [2.05, 4.69) is 41.0 Å². The highest BCUT2D eigenvalue weighted by Crippen LogP contribution is 2.22. The smallest absolute Gasteiger partial charge is 0.0417 e. The Hall–Kier alpha value is 0. The first-order valence-electron chi connectivity index (χ1n) is 9.17. The molecule has 120 valence electrons. The van der Waals surface area contributed by atoms with Crippen LogP contribution in [0.15, 0.2) is 0 Å². The molecule has 0 spiro atoms. The van der Waals surface area contributed by atoms with Crippen LogP contribution in [0.1, 0.15) is 98.3 Å². The molecule has 0 aliphatic heterocycles. The van der Waals surface area contributed by atoms with E-state index in [0.29, 0.717) is 0 Å². The molecule has 0 saturated carbocycles. The Labute approximate surface area is 130 Å². The van der Waals surface area contributed by atoms with Crippen molar-refractivity contribution in [2.24, 2.45) is 17.8 Å². The lowest BCUT2D eigenvalue weighted by atomic mass is 9.91. The lowest BCUT2D eigenvalue weighted by molar-refractivity contribution is 0.380. The Bertz CT molecular complexity index is 184. The van der Waals surface area contributed by atoms with Crippen LogP contribution in [-0.4, -0.2) is 0 Å². The molecule has 0 aromatic heterocycles. The molecule has 0 rings (SSSR count). The van der Waals surface area contributed by atoms with E-state index in [4.69, 9.17) is 0 Å². The molecule has 3 unspecified atom stereocenters. The second-order valence-electron chi connectivity index (χ2n) is 7.16. The van der Waals surface area contributed by atoms with Crippen LogP contribution < -0.4 is 0 Å². The summed E-state index contributed by atoms with van der Waals surface area (Å²) in [6.45, 7) is 13.4. The predicted molar refractivity (Wildman–Crippen MR) is 93.6 cm³/mol. The minimum Gasteiger partial charge on any atom is -0.0625 e. The lowest BCUT2D eigenvalue weighted by Gasteiger charge is -2.15. The van der Waals surface area contributed by atoms with Gasteiger partial charge in [-0.3, -0.25) is 0 Å². The third kappa shape index (κ3) is 13.0. The van der Waals surface area contributed by atoms with Gasteiger partial charge in [0.1, 0.15) is 0 Å². The second-order valence-corrected chi connectivity index (χ2v) is 7.16. The topological polar surface area (TPSA) is 0 Å². The third-order valence-electron chi connectivity index (χ3n) is 4.67. The molecular weight excluding hydrogens is 240 g/mol. The van der Waals surface area contributed by atoms with Gasteiger partial charge in [-0.25, -0.2) is 0 Å². The van der Waals surface area contributed by atoms with Crippen LogP contribution in [0.2, 0.25) is 0 Å². The molecule has 0 saturated heterocycles. The summed E-state index contributed by atoms with van der Waals surface area (Å²) < 4.78 is 0. The number of hydrogen-bond acceptors (Lipinski definition) is 0. The van der Waals surface area contributed by atoms with Crippen LogP contribution in [0.3, 0.4) is 0 Å². The highest BCUT2D eigenvalue weighted by Gasteiger charge is 2.07. The fraction of sp³-hybridized carbons (Fsp3) is 0.900. The summed E-state index contributed by atoms with van der Waals surface area (Å²) in [6, 6.07) is 0. The molecule has 0 nitrogen and oxygen atoms in total. The fourth-order valence-electron chi connectivity index (χ4n) is 3.08. The normalized spacial score (nSPS) is 16.1. The standard InChI is InChI=1S/C20H40/c1-6-8-9-13-19(4)15-11-17-20(5)16-10-14-18(3)12-7-2/h6,18-20H,2,7-17H2,1,3-5H3. The zero-order chi connectivity index (χ0) is 15.2. The Morgan fingerprint density at radius 2 is 1.10 bits per heavy atom. The Morgan fingerprint density at radius 3 is 1.50 bits per heavy atom. The molecule has 2 radical (unpaired) electrons. The number of rotatable bonds is 14. The maximum absolute atomic E-state index is 3.95. The first kappa shape index (κ1) is 20.0. The highest BCUT2D eigenvalue weighted by atomic mass is 14.1. The van der Waals surface area contributed by atoms with Gasteiger partial charge in [0, 0.05) is 0 Å². The maximum atomic E-state index is 3.95. The average Bonchev–Trinajstić information content (AvgIpc) is 2.39. The van der Waals surface area contributed by atoms with Crippen LogP contribution in [0.25, 0.3) is 0 Å². The Balaban J connectivity index is 3.41. The van der Waals surface area contributed by atoms with E-state index in [1.165, 1.54) is 64.2 Å². The fourth-order valence-corrected chi connectivity index (χ4v) is 3.08. The van der Waals surface area contributed by atoms with Crippen LogP contribution >= 0.6 is 0 Å². The van der Waals surface area contributed by atoms with Gasteiger partial charge in [-0.05, 0) is 24.2 Å². The van der Waals surface area contributed by atoms with Gasteiger partial charge < -0.3 is 0 Å². The molecule has 0 heteroatoms. The van der Waals surface area contributed by atoms with Gasteiger partial charge in [0.2, 0.25) is 0 Å². The molecule has 20 heavy (non-hydrogen) atoms. The van der Waals surface area contributed by atoms with Gasteiger partial charge in [0.25, 0.3) is 0 Å². The van der Waals surface area contributed by atoms with Gasteiger partial charge in [0.05, 0.1) is 0 Å². The summed E-state index contributed by atoms with van der Waals surface area (Å²) in [7, 11) is 0. The van der Waals surface area contributed by atoms with Crippen molar-refractivity contribution in [3.8, 4) is 0 Å². The van der Waals surface area contributed by atoms with Gasteiger partial charge in [0.15, 0.2) is 0 Å². The van der Waals surface area contributed by atoms with Crippen molar-refractivity contribution in [3.63, 3.8) is 0 Å². The van der Waals surface area contributed by atoms with Crippen LogP contribution in [0.5, 0.6) is 0 Å². The Kier molecular flexibility index (Phi) is 14.0. The molecule has 0 aromatic carbocycles. The minimum absolute atomic E-state index is 0.884. The van der Waals surface area contributed by atoms with E-state index in [-0.39, 0.29) is 0 Å². The molecular formula is C20H40.